The second-order valence-electron chi connectivity index (χ2n) is 7.81. The van der Waals surface area contributed by atoms with Gasteiger partial charge in [-0.1, -0.05) is 6.42 Å². The van der Waals surface area contributed by atoms with Crippen LogP contribution in [0.3, 0.4) is 0 Å². The molecule has 0 aromatic heterocycles. The van der Waals surface area contributed by atoms with E-state index in [0.717, 1.165) is 37.2 Å². The van der Waals surface area contributed by atoms with E-state index in [9.17, 15) is 13.7 Å². The molecule has 1 aromatic carbocycles. The fourth-order valence-electron chi connectivity index (χ4n) is 3.90. The minimum Gasteiger partial charge on any atom is -0.384 e. The van der Waals surface area contributed by atoms with Crippen molar-refractivity contribution in [3.05, 3.63) is 21.1 Å². The lowest BCUT2D eigenvalue weighted by atomic mass is 10.1. The van der Waals surface area contributed by atoms with Crippen molar-refractivity contribution in [1.29, 1.82) is 5.26 Å². The highest BCUT2D eigenvalue weighted by Gasteiger charge is 2.42. The number of thioether (sulfide) groups is 1. The minimum absolute atomic E-state index is 0.217. The molecule has 1 N–H and O–H groups in total. The second-order valence-corrected chi connectivity index (χ2v) is 12.3. The van der Waals surface area contributed by atoms with Crippen molar-refractivity contribution in [2.45, 2.75) is 43.0 Å². The molecular weight excluding hydrogens is 526 g/mol. The summed E-state index contributed by atoms with van der Waals surface area (Å²) in [6, 6.07) is 5.65. The highest BCUT2D eigenvalue weighted by atomic mass is 79.9. The molecule has 0 amide bonds. The number of hydrogen-bond donors (Lipinski definition) is 1. The third-order valence-corrected chi connectivity index (χ3v) is 10.5. The Morgan fingerprint density at radius 1 is 1.32 bits per heavy atom. The lowest BCUT2D eigenvalue weighted by Gasteiger charge is -2.27. The molecule has 2 fully saturated rings. The summed E-state index contributed by atoms with van der Waals surface area (Å²) in [7, 11) is -2.14. The van der Waals surface area contributed by atoms with Gasteiger partial charge in [-0.15, -0.1) is 0 Å². The largest absolute Gasteiger partial charge is 0.384 e. The molecule has 0 spiro atoms. The Morgan fingerprint density at radius 2 is 1.96 bits per heavy atom. The molecule has 1 aromatic rings. The lowest BCUT2D eigenvalue weighted by molar-refractivity contribution is 0.337. The molecule has 2 atom stereocenters. The Hall–Kier alpha value is -0.270. The van der Waals surface area contributed by atoms with Gasteiger partial charge in [0, 0.05) is 40.0 Å². The van der Waals surface area contributed by atoms with Gasteiger partial charge in [-0.05, 0) is 81.3 Å². The summed E-state index contributed by atoms with van der Waals surface area (Å²) in [4.78, 5) is 0.217. The van der Waals surface area contributed by atoms with Crippen molar-refractivity contribution >= 4 is 59.3 Å². The van der Waals surface area contributed by atoms with Crippen molar-refractivity contribution in [3.63, 3.8) is 0 Å². The molecule has 154 valence electrons. The molecule has 28 heavy (non-hydrogen) atoms. The van der Waals surface area contributed by atoms with Crippen LogP contribution in [-0.4, -0.2) is 44.4 Å². The Balaban J connectivity index is 1.81. The predicted octanol–water partition coefficient (Wildman–Crippen LogP) is 5.08. The van der Waals surface area contributed by atoms with Gasteiger partial charge in [0.2, 0.25) is 10.0 Å². The molecule has 0 bridgehead atoms. The van der Waals surface area contributed by atoms with Crippen LogP contribution in [-0.2, 0) is 10.0 Å². The van der Waals surface area contributed by atoms with Gasteiger partial charge in [0.15, 0.2) is 0 Å². The van der Waals surface area contributed by atoms with Crippen LogP contribution in [0, 0.1) is 22.7 Å². The highest BCUT2D eigenvalue weighted by molar-refractivity contribution is 9.11. The minimum atomic E-state index is -3.73. The van der Waals surface area contributed by atoms with E-state index in [1.165, 1.54) is 17.1 Å². The zero-order chi connectivity index (χ0) is 20.5. The molecule has 9 heteroatoms. The van der Waals surface area contributed by atoms with Gasteiger partial charge in [0.25, 0.3) is 0 Å². The van der Waals surface area contributed by atoms with Crippen molar-refractivity contribution in [2.75, 3.05) is 30.9 Å². The van der Waals surface area contributed by atoms with Crippen LogP contribution in [0.4, 0.5) is 5.69 Å². The van der Waals surface area contributed by atoms with Gasteiger partial charge < -0.3 is 5.32 Å². The Morgan fingerprint density at radius 3 is 2.50 bits per heavy atom. The van der Waals surface area contributed by atoms with Crippen molar-refractivity contribution in [3.8, 4) is 6.07 Å². The van der Waals surface area contributed by atoms with Gasteiger partial charge >= 0.3 is 0 Å². The monoisotopic (exact) mass is 549 g/mol. The molecule has 2 saturated carbocycles. The van der Waals surface area contributed by atoms with E-state index in [0.29, 0.717) is 14.4 Å². The number of benzene rings is 1. The maximum atomic E-state index is 13.3. The van der Waals surface area contributed by atoms with Crippen LogP contribution in [0.5, 0.6) is 0 Å². The quantitative estimate of drug-likeness (QED) is 0.488. The summed E-state index contributed by atoms with van der Waals surface area (Å²) in [6.07, 6.45) is 6.96. The first-order valence-electron chi connectivity index (χ1n) is 9.33. The Kier molecular flexibility index (Phi) is 7.08. The highest BCUT2D eigenvalue weighted by Crippen LogP contribution is 2.48. The van der Waals surface area contributed by atoms with Gasteiger partial charge in [0.05, 0.1) is 12.0 Å². The maximum Gasteiger partial charge on any atom is 0.245 e. The Labute approximate surface area is 188 Å². The molecule has 2 aliphatic rings. The average Bonchev–Trinajstić information content (AvgIpc) is 3.23. The molecule has 0 aliphatic heterocycles. The van der Waals surface area contributed by atoms with Crippen molar-refractivity contribution in [2.24, 2.45) is 11.3 Å². The molecule has 3 rings (SSSR count). The molecular formula is C19H25Br2N3O2S2. The summed E-state index contributed by atoms with van der Waals surface area (Å²) >= 11 is 8.80. The molecule has 2 unspecified atom stereocenters. The van der Waals surface area contributed by atoms with Gasteiger partial charge in [0.1, 0.15) is 4.90 Å². The summed E-state index contributed by atoms with van der Waals surface area (Å²) in [5.74, 6) is 0.894. The summed E-state index contributed by atoms with van der Waals surface area (Å²) in [6.45, 7) is 0.893. The zero-order valence-corrected chi connectivity index (χ0v) is 20.8. The summed E-state index contributed by atoms with van der Waals surface area (Å²) in [5.41, 5.74) is 1.27. The topological polar surface area (TPSA) is 73.2 Å². The van der Waals surface area contributed by atoms with E-state index < -0.39 is 10.0 Å². The number of sulfonamides is 1. The molecule has 0 heterocycles. The predicted molar refractivity (Wildman–Crippen MR) is 122 cm³/mol. The summed E-state index contributed by atoms with van der Waals surface area (Å²) < 4.78 is 29.0. The van der Waals surface area contributed by atoms with E-state index in [2.05, 4.69) is 49.5 Å². The number of rotatable bonds is 8. The lowest BCUT2D eigenvalue weighted by Crippen LogP contribution is -2.39. The van der Waals surface area contributed by atoms with Crippen LogP contribution >= 0.6 is 43.6 Å². The van der Waals surface area contributed by atoms with E-state index in [1.54, 1.807) is 7.05 Å². The van der Waals surface area contributed by atoms with E-state index >= 15 is 0 Å². The average molecular weight is 551 g/mol. The first kappa shape index (κ1) is 22.4. The number of hydrogen-bond acceptors (Lipinski definition) is 5. The number of nitrogens with one attached hydrogen (secondary N) is 1. The standard InChI is InChI=1S/C19H25Br2N3O2S2/c1-24(17-5-3-4-13(17)10-22)28(25,26)18-15(20)8-14(9-16(18)21)23-11-19(6-7-19)12-27-2/h8-9,13,17,23H,3-7,11-12H2,1-2H3. The number of nitrogens with zero attached hydrogens (tertiary/aromatic N) is 2. The van der Waals surface area contributed by atoms with Crippen molar-refractivity contribution in [1.82, 2.24) is 4.31 Å². The van der Waals surface area contributed by atoms with Crippen LogP contribution in [0.2, 0.25) is 0 Å². The molecule has 0 radical (unpaired) electrons. The van der Waals surface area contributed by atoms with Crippen LogP contribution < -0.4 is 5.32 Å². The van der Waals surface area contributed by atoms with Crippen LogP contribution in [0.25, 0.3) is 0 Å². The van der Waals surface area contributed by atoms with Crippen molar-refractivity contribution < 1.29 is 8.42 Å². The third kappa shape index (κ3) is 4.56. The normalized spacial score (nSPS) is 23.6. The summed E-state index contributed by atoms with van der Waals surface area (Å²) in [5, 5.41) is 12.8. The fraction of sp³-hybridized carbons (Fsp3) is 0.632. The fourth-order valence-corrected chi connectivity index (χ4v) is 8.83. The third-order valence-electron chi connectivity index (χ3n) is 5.82. The number of nitriles is 1. The van der Waals surface area contributed by atoms with Crippen LogP contribution in [0.15, 0.2) is 26.0 Å². The number of halogens is 2. The van der Waals surface area contributed by atoms with Gasteiger partial charge in [-0.25, -0.2) is 8.42 Å². The molecule has 5 nitrogen and oxygen atoms in total. The number of anilines is 1. The van der Waals surface area contributed by atoms with Gasteiger partial charge in [-0.2, -0.15) is 21.3 Å². The van der Waals surface area contributed by atoms with E-state index in [1.807, 2.05) is 23.9 Å². The maximum absolute atomic E-state index is 13.3. The smallest absolute Gasteiger partial charge is 0.245 e. The van der Waals surface area contributed by atoms with Gasteiger partial charge in [-0.3, -0.25) is 0 Å². The zero-order valence-electron chi connectivity index (χ0n) is 16.0. The second kappa shape index (κ2) is 8.84. The SMILES string of the molecule is CSCC1(CNc2cc(Br)c(S(=O)(=O)N(C)C3CCCC3C#N)c(Br)c2)CC1. The van der Waals surface area contributed by atoms with E-state index in [-0.39, 0.29) is 16.9 Å². The van der Waals surface area contributed by atoms with Crippen LogP contribution in [0.1, 0.15) is 32.1 Å². The first-order valence-corrected chi connectivity index (χ1v) is 13.8. The molecule has 0 saturated heterocycles. The molecule has 2 aliphatic carbocycles. The Bertz CT molecular complexity index is 859. The first-order chi connectivity index (χ1) is 13.2. The van der Waals surface area contributed by atoms with E-state index in [4.69, 9.17) is 0 Å².